The van der Waals surface area contributed by atoms with E-state index in [0.717, 1.165) is 22.5 Å². The van der Waals surface area contributed by atoms with Gasteiger partial charge in [-0.25, -0.2) is 4.79 Å². The number of esters is 1. The number of aryl methyl sites for hydroxylation is 2. The van der Waals surface area contributed by atoms with Gasteiger partial charge in [0, 0.05) is 23.5 Å². The Balaban J connectivity index is 1.92. The number of benzene rings is 2. The summed E-state index contributed by atoms with van der Waals surface area (Å²) in [6.07, 6.45) is 0. The number of ether oxygens (including phenoxy) is 1. The summed E-state index contributed by atoms with van der Waals surface area (Å²) in [4.78, 5) is 30.7. The number of nitrogens with one attached hydrogen (secondary N) is 1. The molecule has 0 aliphatic heterocycles. The second-order valence-electron chi connectivity index (χ2n) is 7.46. The van der Waals surface area contributed by atoms with Crippen molar-refractivity contribution < 1.29 is 14.3 Å². The van der Waals surface area contributed by atoms with Crippen molar-refractivity contribution >= 4 is 11.9 Å². The number of hydrogen-bond donors (Lipinski definition) is 1. The average molecular weight is 405 g/mol. The smallest absolute Gasteiger partial charge is 0.340 e. The average Bonchev–Trinajstić information content (AvgIpc) is 3.02. The lowest BCUT2D eigenvalue weighted by molar-refractivity contribution is 0.0525. The first-order valence-corrected chi connectivity index (χ1v) is 10.2. The van der Waals surface area contributed by atoms with Crippen molar-refractivity contribution in [1.29, 1.82) is 0 Å². The molecule has 1 heterocycles. The van der Waals surface area contributed by atoms with Crippen molar-refractivity contribution in [3.8, 4) is 0 Å². The van der Waals surface area contributed by atoms with Gasteiger partial charge in [0.15, 0.2) is 0 Å². The number of hydrogen-bond acceptors (Lipinski definition) is 3. The summed E-state index contributed by atoms with van der Waals surface area (Å²) >= 11 is 0. The third kappa shape index (κ3) is 4.79. The molecule has 0 fully saturated rings. The van der Waals surface area contributed by atoms with E-state index in [1.807, 2.05) is 75.4 Å². The van der Waals surface area contributed by atoms with Gasteiger partial charge >= 0.3 is 5.97 Å². The standard InChI is InChI=1S/C25H28N2O3/c1-5-30-25(29)23-18(3)22(26-19(23)4)16-27(15-20-13-11-17(2)12-14-20)24(28)21-9-7-6-8-10-21/h6-14,26H,5,15-16H2,1-4H3. The van der Waals surface area contributed by atoms with Crippen molar-refractivity contribution in [2.75, 3.05) is 6.61 Å². The molecule has 0 aliphatic carbocycles. The van der Waals surface area contributed by atoms with Crippen LogP contribution >= 0.6 is 0 Å². The fourth-order valence-electron chi connectivity index (χ4n) is 3.55. The van der Waals surface area contributed by atoms with E-state index in [-0.39, 0.29) is 11.9 Å². The van der Waals surface area contributed by atoms with Crippen molar-refractivity contribution in [3.63, 3.8) is 0 Å². The van der Waals surface area contributed by atoms with E-state index in [2.05, 4.69) is 4.98 Å². The molecular weight excluding hydrogens is 376 g/mol. The second kappa shape index (κ2) is 9.44. The Morgan fingerprint density at radius 1 is 0.933 bits per heavy atom. The molecule has 1 aromatic heterocycles. The van der Waals surface area contributed by atoms with Gasteiger partial charge in [0.05, 0.1) is 18.7 Å². The predicted octanol–water partition coefficient (Wildman–Crippen LogP) is 4.96. The molecule has 0 saturated heterocycles. The first kappa shape index (κ1) is 21.4. The topological polar surface area (TPSA) is 62.4 Å². The Hall–Kier alpha value is -3.34. The van der Waals surface area contributed by atoms with Gasteiger partial charge in [-0.05, 0) is 51.0 Å². The highest BCUT2D eigenvalue weighted by atomic mass is 16.5. The fourth-order valence-corrected chi connectivity index (χ4v) is 3.55. The number of amides is 1. The zero-order chi connectivity index (χ0) is 21.7. The number of aromatic nitrogens is 1. The van der Waals surface area contributed by atoms with E-state index < -0.39 is 0 Å². The van der Waals surface area contributed by atoms with Crippen LogP contribution in [-0.4, -0.2) is 28.4 Å². The Kier molecular flexibility index (Phi) is 6.72. The molecule has 30 heavy (non-hydrogen) atoms. The number of H-pyrrole nitrogens is 1. The van der Waals surface area contributed by atoms with E-state index in [4.69, 9.17) is 4.74 Å². The number of carbonyl (C=O) groups excluding carboxylic acids is 2. The van der Waals surface area contributed by atoms with Gasteiger partial charge in [0.25, 0.3) is 5.91 Å². The van der Waals surface area contributed by atoms with Crippen molar-refractivity contribution in [2.24, 2.45) is 0 Å². The molecule has 5 heteroatoms. The minimum atomic E-state index is -0.338. The highest BCUT2D eigenvalue weighted by Gasteiger charge is 2.23. The largest absolute Gasteiger partial charge is 0.462 e. The predicted molar refractivity (Wildman–Crippen MR) is 117 cm³/mol. The van der Waals surface area contributed by atoms with Crippen LogP contribution in [0.2, 0.25) is 0 Å². The minimum absolute atomic E-state index is 0.0551. The van der Waals surface area contributed by atoms with Crippen LogP contribution < -0.4 is 0 Å². The van der Waals surface area contributed by atoms with Gasteiger partial charge in [-0.3, -0.25) is 4.79 Å². The Labute approximate surface area is 177 Å². The summed E-state index contributed by atoms with van der Waals surface area (Å²) in [6, 6.07) is 17.4. The van der Waals surface area contributed by atoms with Crippen molar-refractivity contribution in [3.05, 3.63) is 93.8 Å². The molecule has 2 aromatic carbocycles. The third-order valence-electron chi connectivity index (χ3n) is 5.17. The Bertz CT molecular complexity index is 1020. The Morgan fingerprint density at radius 3 is 2.23 bits per heavy atom. The maximum absolute atomic E-state index is 13.3. The molecule has 1 amide bonds. The van der Waals surface area contributed by atoms with Gasteiger partial charge in [0.2, 0.25) is 0 Å². The quantitative estimate of drug-likeness (QED) is 0.566. The minimum Gasteiger partial charge on any atom is -0.462 e. The Morgan fingerprint density at radius 2 is 1.60 bits per heavy atom. The summed E-state index contributed by atoms with van der Waals surface area (Å²) in [5.74, 6) is -0.394. The summed E-state index contributed by atoms with van der Waals surface area (Å²) in [5, 5.41) is 0. The van der Waals surface area contributed by atoms with Gasteiger partial charge < -0.3 is 14.6 Å². The molecule has 0 bridgehead atoms. The van der Waals surface area contributed by atoms with Crippen molar-refractivity contribution in [1.82, 2.24) is 9.88 Å². The van der Waals surface area contributed by atoms with Gasteiger partial charge in [0.1, 0.15) is 0 Å². The van der Waals surface area contributed by atoms with Crippen LogP contribution in [0, 0.1) is 20.8 Å². The number of aromatic amines is 1. The second-order valence-corrected chi connectivity index (χ2v) is 7.46. The summed E-state index contributed by atoms with van der Waals surface area (Å²) in [6.45, 7) is 8.74. The molecule has 0 radical (unpaired) electrons. The zero-order valence-corrected chi connectivity index (χ0v) is 18.0. The molecule has 0 aliphatic rings. The molecule has 0 spiro atoms. The van der Waals surface area contributed by atoms with E-state index in [1.54, 1.807) is 11.8 Å². The highest BCUT2D eigenvalue weighted by molar-refractivity contribution is 5.94. The van der Waals surface area contributed by atoms with Crippen molar-refractivity contribution in [2.45, 2.75) is 40.8 Å². The molecule has 1 N–H and O–H groups in total. The van der Waals surface area contributed by atoms with Crippen LogP contribution in [0.3, 0.4) is 0 Å². The summed E-state index contributed by atoms with van der Waals surface area (Å²) in [5.41, 5.74) is 5.83. The molecule has 0 unspecified atom stereocenters. The zero-order valence-electron chi connectivity index (χ0n) is 18.0. The van der Waals surface area contributed by atoms with E-state index >= 15 is 0 Å². The SMILES string of the molecule is CCOC(=O)c1c(C)[nH]c(CN(Cc2ccc(C)cc2)C(=O)c2ccccc2)c1C. The lowest BCUT2D eigenvalue weighted by Gasteiger charge is -2.23. The first-order chi connectivity index (χ1) is 14.4. The lowest BCUT2D eigenvalue weighted by Crippen LogP contribution is -2.30. The number of rotatable bonds is 7. The van der Waals surface area contributed by atoms with E-state index in [0.29, 0.717) is 30.8 Å². The fraction of sp³-hybridized carbons (Fsp3) is 0.280. The normalized spacial score (nSPS) is 10.7. The molecule has 0 saturated carbocycles. The van der Waals surface area contributed by atoms with Crippen LogP contribution in [0.25, 0.3) is 0 Å². The maximum atomic E-state index is 13.3. The lowest BCUT2D eigenvalue weighted by atomic mass is 10.1. The number of carbonyl (C=O) groups is 2. The third-order valence-corrected chi connectivity index (χ3v) is 5.17. The van der Waals surface area contributed by atoms with Gasteiger partial charge in [-0.15, -0.1) is 0 Å². The van der Waals surface area contributed by atoms with Gasteiger partial charge in [-0.1, -0.05) is 48.0 Å². The molecule has 5 nitrogen and oxygen atoms in total. The molecule has 3 rings (SSSR count). The molecular formula is C25H28N2O3. The number of nitrogens with zero attached hydrogens (tertiary/aromatic N) is 1. The summed E-state index contributed by atoms with van der Waals surface area (Å²) < 4.78 is 5.19. The maximum Gasteiger partial charge on any atom is 0.340 e. The monoisotopic (exact) mass is 404 g/mol. The molecule has 156 valence electrons. The molecule has 0 atom stereocenters. The summed E-state index contributed by atoms with van der Waals surface area (Å²) in [7, 11) is 0. The van der Waals surface area contributed by atoms with E-state index in [9.17, 15) is 9.59 Å². The van der Waals surface area contributed by atoms with Gasteiger partial charge in [-0.2, -0.15) is 0 Å². The first-order valence-electron chi connectivity index (χ1n) is 10.2. The van der Waals surface area contributed by atoms with Crippen LogP contribution in [0.15, 0.2) is 54.6 Å². The van der Waals surface area contributed by atoms with Crippen LogP contribution in [0.4, 0.5) is 0 Å². The van der Waals surface area contributed by atoms with Crippen LogP contribution in [-0.2, 0) is 17.8 Å². The van der Waals surface area contributed by atoms with E-state index in [1.165, 1.54) is 5.56 Å². The van der Waals surface area contributed by atoms with Crippen LogP contribution in [0.5, 0.6) is 0 Å². The highest BCUT2D eigenvalue weighted by Crippen LogP contribution is 2.22. The van der Waals surface area contributed by atoms with Crippen LogP contribution in [0.1, 0.15) is 55.7 Å². The molecule has 3 aromatic rings.